The van der Waals surface area contributed by atoms with Crippen LogP contribution < -0.4 is 14.4 Å². The summed E-state index contributed by atoms with van der Waals surface area (Å²) in [6.07, 6.45) is -0.188. The molecule has 0 saturated carbocycles. The number of piperazine rings is 1. The Morgan fingerprint density at radius 3 is 2.71 bits per heavy atom. The van der Waals surface area contributed by atoms with E-state index in [1.807, 2.05) is 24.3 Å². The lowest BCUT2D eigenvalue weighted by molar-refractivity contribution is -0.00576. The summed E-state index contributed by atoms with van der Waals surface area (Å²) in [5.41, 5.74) is 2.60. The number of aliphatic hydroxyl groups excluding tert-OH is 1. The number of hydrogen-bond acceptors (Lipinski definition) is 7. The minimum atomic E-state index is -0.508. The number of fused-ring (bicyclic) bond motifs is 1. The van der Waals surface area contributed by atoms with E-state index in [-0.39, 0.29) is 5.78 Å². The quantitative estimate of drug-likeness (QED) is 0.683. The maximum absolute atomic E-state index is 12.4. The molecule has 7 nitrogen and oxygen atoms in total. The zero-order valence-electron chi connectivity index (χ0n) is 18.1. The molecule has 1 N–H and O–H groups in total. The van der Waals surface area contributed by atoms with Crippen LogP contribution in [0.2, 0.25) is 0 Å². The number of methoxy groups -OCH3 is 1. The highest BCUT2D eigenvalue weighted by molar-refractivity contribution is 6.01. The summed E-state index contributed by atoms with van der Waals surface area (Å²) < 4.78 is 16.9. The predicted molar refractivity (Wildman–Crippen MR) is 118 cm³/mol. The molecule has 0 amide bonds. The lowest BCUT2D eigenvalue weighted by Gasteiger charge is -2.39. The Bertz CT molecular complexity index is 904. The lowest BCUT2D eigenvalue weighted by Crippen LogP contribution is -2.53. The van der Waals surface area contributed by atoms with Gasteiger partial charge in [0.25, 0.3) is 0 Å². The van der Waals surface area contributed by atoms with E-state index in [1.54, 1.807) is 20.1 Å². The number of hydrogen-bond donors (Lipinski definition) is 1. The molecule has 4 rings (SSSR count). The van der Waals surface area contributed by atoms with Crippen molar-refractivity contribution in [2.45, 2.75) is 32.3 Å². The van der Waals surface area contributed by atoms with Crippen molar-refractivity contribution < 1.29 is 24.1 Å². The van der Waals surface area contributed by atoms with Gasteiger partial charge in [0.1, 0.15) is 12.3 Å². The zero-order valence-corrected chi connectivity index (χ0v) is 18.1. The first-order chi connectivity index (χ1) is 15.1. The fourth-order valence-corrected chi connectivity index (χ4v) is 4.12. The number of carbonyl (C=O) groups is 1. The van der Waals surface area contributed by atoms with Crippen molar-refractivity contribution in [3.05, 3.63) is 53.6 Å². The molecule has 1 saturated heterocycles. The topological polar surface area (TPSA) is 71.5 Å². The number of rotatable bonds is 7. The van der Waals surface area contributed by atoms with Crippen LogP contribution in [0.1, 0.15) is 29.3 Å². The fraction of sp³-hybridized carbons (Fsp3) is 0.458. The number of para-hydroxylation sites is 1. The van der Waals surface area contributed by atoms with E-state index in [9.17, 15) is 9.90 Å². The van der Waals surface area contributed by atoms with Crippen LogP contribution in [-0.2, 0) is 11.3 Å². The molecule has 0 radical (unpaired) electrons. The Morgan fingerprint density at radius 2 is 1.97 bits per heavy atom. The van der Waals surface area contributed by atoms with Gasteiger partial charge in [-0.2, -0.15) is 0 Å². The first-order valence-corrected chi connectivity index (χ1v) is 10.8. The molecule has 2 unspecified atom stereocenters. The third-order valence-corrected chi connectivity index (χ3v) is 5.94. The van der Waals surface area contributed by atoms with E-state index in [0.29, 0.717) is 36.8 Å². The van der Waals surface area contributed by atoms with Gasteiger partial charge in [0, 0.05) is 30.9 Å². The molecule has 7 heteroatoms. The average molecular weight is 427 g/mol. The van der Waals surface area contributed by atoms with Crippen molar-refractivity contribution in [3.8, 4) is 11.5 Å². The van der Waals surface area contributed by atoms with Crippen LogP contribution in [0.4, 0.5) is 5.69 Å². The predicted octanol–water partition coefficient (Wildman–Crippen LogP) is 2.71. The third-order valence-electron chi connectivity index (χ3n) is 5.94. The number of carbonyl (C=O) groups excluding carboxylic acids is 1. The normalized spacial score (nSPS) is 21.6. The molecule has 0 bridgehead atoms. The molecule has 1 fully saturated rings. The Labute approximate surface area is 183 Å². The van der Waals surface area contributed by atoms with E-state index >= 15 is 0 Å². The lowest BCUT2D eigenvalue weighted by atomic mass is 9.97. The van der Waals surface area contributed by atoms with E-state index in [0.717, 1.165) is 37.3 Å². The largest absolute Gasteiger partial charge is 0.493 e. The summed E-state index contributed by atoms with van der Waals surface area (Å²) in [7, 11) is 1.59. The SMILES string of the molecule is COc1cc2c(cc1OCCCN1CCN(c3ccccc3)CC1O)C(=O)C(C)OC2. The first kappa shape index (κ1) is 21.6. The van der Waals surface area contributed by atoms with Crippen molar-refractivity contribution in [1.29, 1.82) is 0 Å². The molecule has 2 atom stereocenters. The summed E-state index contributed by atoms with van der Waals surface area (Å²) in [4.78, 5) is 16.7. The number of aliphatic hydroxyl groups is 1. The van der Waals surface area contributed by atoms with Crippen molar-refractivity contribution in [2.75, 3.05) is 44.8 Å². The molecular formula is C24H30N2O5. The maximum atomic E-state index is 12.4. The summed E-state index contributed by atoms with van der Waals surface area (Å²) >= 11 is 0. The van der Waals surface area contributed by atoms with Gasteiger partial charge in [0.05, 0.1) is 26.9 Å². The number of benzene rings is 2. The summed E-state index contributed by atoms with van der Waals surface area (Å²) in [5.74, 6) is 1.13. The second-order valence-corrected chi connectivity index (χ2v) is 7.98. The Hall–Kier alpha value is -2.61. The fourth-order valence-electron chi connectivity index (χ4n) is 4.12. The van der Waals surface area contributed by atoms with Gasteiger partial charge in [-0.3, -0.25) is 9.69 Å². The third kappa shape index (κ3) is 4.84. The van der Waals surface area contributed by atoms with Crippen molar-refractivity contribution >= 4 is 11.5 Å². The second kappa shape index (κ2) is 9.68. The molecule has 0 spiro atoms. The van der Waals surface area contributed by atoms with E-state index in [2.05, 4.69) is 21.9 Å². The highest BCUT2D eigenvalue weighted by Gasteiger charge is 2.27. The van der Waals surface area contributed by atoms with Gasteiger partial charge in [-0.25, -0.2) is 0 Å². The summed E-state index contributed by atoms with van der Waals surface area (Å²) in [6.45, 7) is 5.63. The Kier molecular flexibility index (Phi) is 6.75. The van der Waals surface area contributed by atoms with Crippen molar-refractivity contribution in [2.24, 2.45) is 0 Å². The molecule has 0 aromatic heterocycles. The maximum Gasteiger partial charge on any atom is 0.191 e. The molecule has 2 aromatic rings. The molecule has 2 aliphatic heterocycles. The van der Waals surface area contributed by atoms with Gasteiger partial charge in [-0.15, -0.1) is 0 Å². The summed E-state index contributed by atoms with van der Waals surface area (Å²) in [6, 6.07) is 13.8. The van der Waals surface area contributed by atoms with Gasteiger partial charge in [0.2, 0.25) is 0 Å². The van der Waals surface area contributed by atoms with Gasteiger partial charge in [-0.05, 0) is 43.2 Å². The van der Waals surface area contributed by atoms with Crippen molar-refractivity contribution in [3.63, 3.8) is 0 Å². The van der Waals surface area contributed by atoms with Gasteiger partial charge < -0.3 is 24.2 Å². The van der Waals surface area contributed by atoms with E-state index in [1.165, 1.54) is 0 Å². The number of Topliss-reactive ketones (excluding diaryl/α,β-unsaturated/α-hetero) is 1. The number of ketones is 1. The number of nitrogens with zero attached hydrogens (tertiary/aromatic N) is 2. The minimum absolute atomic E-state index is 0.0341. The van der Waals surface area contributed by atoms with Crippen LogP contribution in [0.25, 0.3) is 0 Å². The smallest absolute Gasteiger partial charge is 0.191 e. The molecule has 2 heterocycles. The van der Waals surface area contributed by atoms with Crippen LogP contribution in [-0.4, -0.2) is 68.0 Å². The van der Waals surface area contributed by atoms with Gasteiger partial charge in [-0.1, -0.05) is 18.2 Å². The standard InChI is InChI=1S/C24H30N2O5/c1-17-24(28)20-14-22(21(29-2)13-18(20)16-31-17)30-12-6-9-25-10-11-26(15-23(25)27)19-7-4-3-5-8-19/h3-5,7-8,13-14,17,23,27H,6,9-12,15-16H2,1-2H3. The molecule has 31 heavy (non-hydrogen) atoms. The molecule has 166 valence electrons. The molecule has 2 aliphatic rings. The van der Waals surface area contributed by atoms with E-state index < -0.39 is 12.3 Å². The van der Waals surface area contributed by atoms with Crippen LogP contribution in [0.15, 0.2) is 42.5 Å². The highest BCUT2D eigenvalue weighted by atomic mass is 16.5. The van der Waals surface area contributed by atoms with Crippen LogP contribution in [0.3, 0.4) is 0 Å². The van der Waals surface area contributed by atoms with Crippen LogP contribution >= 0.6 is 0 Å². The van der Waals surface area contributed by atoms with Gasteiger partial charge >= 0.3 is 0 Å². The molecular weight excluding hydrogens is 396 g/mol. The average Bonchev–Trinajstić information content (AvgIpc) is 2.80. The monoisotopic (exact) mass is 426 g/mol. The molecule has 0 aliphatic carbocycles. The Morgan fingerprint density at radius 1 is 1.16 bits per heavy atom. The van der Waals surface area contributed by atoms with Crippen molar-refractivity contribution in [1.82, 2.24) is 4.90 Å². The summed E-state index contributed by atoms with van der Waals surface area (Å²) in [5, 5.41) is 10.6. The van der Waals surface area contributed by atoms with Gasteiger partial charge in [0.15, 0.2) is 17.3 Å². The van der Waals surface area contributed by atoms with Crippen LogP contribution in [0, 0.1) is 0 Å². The number of ether oxygens (including phenoxy) is 3. The first-order valence-electron chi connectivity index (χ1n) is 10.8. The highest BCUT2D eigenvalue weighted by Crippen LogP contribution is 2.34. The van der Waals surface area contributed by atoms with E-state index in [4.69, 9.17) is 14.2 Å². The van der Waals surface area contributed by atoms with Crippen LogP contribution in [0.5, 0.6) is 11.5 Å². The molecule has 2 aromatic carbocycles. The number of β-amino-alcohol motifs (C(OH)–C–C–N with tert-alkyl or cyclic N) is 1. The number of anilines is 1. The zero-order chi connectivity index (χ0) is 21.8. The Balaban J connectivity index is 1.30. The minimum Gasteiger partial charge on any atom is -0.493 e. The second-order valence-electron chi connectivity index (χ2n) is 7.98.